The highest BCUT2D eigenvalue weighted by molar-refractivity contribution is 15.0. The van der Waals surface area contributed by atoms with Gasteiger partial charge in [0.05, 0.1) is 0 Å². The summed E-state index contributed by atoms with van der Waals surface area (Å²) in [5.41, 5.74) is 0. The molecule has 0 fully saturated rings. The van der Waals surface area contributed by atoms with Crippen LogP contribution in [0.4, 0.5) is 0 Å². The van der Waals surface area contributed by atoms with Gasteiger partial charge in [-0.25, -0.2) is 0 Å². The van der Waals surface area contributed by atoms with Gasteiger partial charge in [-0.2, -0.15) is 0 Å². The summed E-state index contributed by atoms with van der Waals surface area (Å²) in [7, 11) is 0. The van der Waals surface area contributed by atoms with Crippen LogP contribution in [0.25, 0.3) is 0 Å². The van der Waals surface area contributed by atoms with Crippen molar-refractivity contribution in [3.05, 3.63) is 0 Å². The lowest BCUT2D eigenvalue weighted by Gasteiger charge is -1.73. The van der Waals surface area contributed by atoms with E-state index in [1.165, 1.54) is 13.8 Å². The van der Waals surface area contributed by atoms with E-state index in [4.69, 9.17) is 0 Å². The predicted molar refractivity (Wildman–Crippen MR) is 49.4 cm³/mol. The van der Waals surface area contributed by atoms with Crippen molar-refractivity contribution >= 4 is 48.8 Å². The fourth-order valence-electron chi connectivity index (χ4n) is 0. The largest absolute Gasteiger partial charge is 0.291 e. The molecule has 0 saturated carbocycles. The highest BCUT2D eigenvalue weighted by atomic mass is 128. The van der Waals surface area contributed by atoms with Crippen molar-refractivity contribution in [1.82, 2.24) is 0 Å². The molecule has 0 radical (unpaired) electrons. The summed E-state index contributed by atoms with van der Waals surface area (Å²) < 4.78 is 0. The minimum absolute atomic E-state index is 0.380. The summed E-state index contributed by atoms with van der Waals surface area (Å²) in [6.07, 6.45) is 0. The third kappa shape index (κ3) is 9.93. The molecule has 0 aromatic carbocycles. The van der Waals surface area contributed by atoms with Gasteiger partial charge in [-0.3, -0.25) is 9.59 Å². The highest BCUT2D eigenvalue weighted by Crippen LogP contribution is 1.89. The molecular formula is C4H6I2O2. The Morgan fingerprint density at radius 1 is 1.00 bits per heavy atom. The van der Waals surface area contributed by atoms with Gasteiger partial charge < -0.3 is 0 Å². The molecule has 0 spiro atoms. The molecule has 0 amide bonds. The van der Waals surface area contributed by atoms with Crippen molar-refractivity contribution < 1.29 is 9.59 Å². The zero-order chi connectivity index (χ0) is 7.15. The average Bonchev–Trinajstić information content (AvgIpc) is 1.72. The summed E-state index contributed by atoms with van der Waals surface area (Å²) in [5.74, 6) is -0.759. The number of hydrogen-bond donors (Lipinski definition) is 0. The van der Waals surface area contributed by atoms with Gasteiger partial charge in [-0.1, -0.05) is 0 Å². The number of carbonyl (C=O) groups excluding carboxylic acids is 2. The van der Waals surface area contributed by atoms with Gasteiger partial charge in [0.25, 0.3) is 0 Å². The third-order valence-corrected chi connectivity index (χ3v) is 0.496. The number of Topliss-reactive ketones (excluding diaryl/α,β-unsaturated/α-hetero) is 2. The van der Waals surface area contributed by atoms with Crippen molar-refractivity contribution in [2.24, 2.45) is 0 Å². The van der Waals surface area contributed by atoms with E-state index in [0.717, 1.165) is 0 Å². The first-order valence-electron chi connectivity index (χ1n) is 1.80. The van der Waals surface area contributed by atoms with E-state index < -0.39 is 0 Å². The molecule has 0 aromatic heterocycles. The molecule has 2 nitrogen and oxygen atoms in total. The quantitative estimate of drug-likeness (QED) is 0.540. The Morgan fingerprint density at radius 3 is 1.12 bits per heavy atom. The second-order valence-electron chi connectivity index (χ2n) is 1.11. The third-order valence-electron chi connectivity index (χ3n) is 0.496. The molecule has 48 valence electrons. The Kier molecular flexibility index (Phi) is 11.3. The predicted octanol–water partition coefficient (Wildman–Crippen LogP) is 1.94. The summed E-state index contributed by atoms with van der Waals surface area (Å²) in [4.78, 5) is 19.6. The molecule has 0 aliphatic heterocycles. The molecule has 8 heavy (non-hydrogen) atoms. The standard InChI is InChI=1S/C4H6O2.I2/c1-3(5)4(2)6;1-2/h1-2H3;. The lowest BCUT2D eigenvalue weighted by atomic mass is 10.3. The Labute approximate surface area is 71.7 Å². The maximum Gasteiger partial charge on any atom is 0.195 e. The molecule has 0 bridgehead atoms. The zero-order valence-electron chi connectivity index (χ0n) is 4.57. The maximum absolute atomic E-state index is 9.79. The lowest BCUT2D eigenvalue weighted by Crippen LogP contribution is -2.01. The second kappa shape index (κ2) is 7.80. The van der Waals surface area contributed by atoms with Gasteiger partial charge in [-0.15, -0.1) is 0 Å². The fraction of sp³-hybridized carbons (Fsp3) is 0.500. The van der Waals surface area contributed by atoms with Gasteiger partial charge in [0.15, 0.2) is 11.6 Å². The van der Waals surface area contributed by atoms with E-state index in [-0.39, 0.29) is 11.6 Å². The van der Waals surface area contributed by atoms with Crippen LogP contribution in [0.3, 0.4) is 0 Å². The molecule has 0 aromatic rings. The van der Waals surface area contributed by atoms with Crippen molar-refractivity contribution in [3.63, 3.8) is 0 Å². The van der Waals surface area contributed by atoms with E-state index >= 15 is 0 Å². The van der Waals surface area contributed by atoms with E-state index in [1.54, 1.807) is 0 Å². The molecule has 0 heterocycles. The van der Waals surface area contributed by atoms with Crippen molar-refractivity contribution in [2.75, 3.05) is 0 Å². The first-order chi connectivity index (χ1) is 3.64. The van der Waals surface area contributed by atoms with Gasteiger partial charge in [0.2, 0.25) is 0 Å². The number of hydrogen-bond acceptors (Lipinski definition) is 2. The van der Waals surface area contributed by atoms with Gasteiger partial charge >= 0.3 is 0 Å². The van der Waals surface area contributed by atoms with Crippen LogP contribution in [0.2, 0.25) is 0 Å². The summed E-state index contributed by atoms with van der Waals surface area (Å²) in [6.45, 7) is 2.50. The van der Waals surface area contributed by atoms with E-state index in [0.29, 0.717) is 0 Å². The SMILES string of the molecule is CC(=O)C(C)=O.II. The fourth-order valence-corrected chi connectivity index (χ4v) is 0. The maximum atomic E-state index is 9.79. The Morgan fingerprint density at radius 2 is 1.12 bits per heavy atom. The Hall–Kier alpha value is 0.800. The van der Waals surface area contributed by atoms with Gasteiger partial charge in [-0.05, 0) is 0 Å². The molecule has 0 aliphatic rings. The van der Waals surface area contributed by atoms with Crippen LogP contribution in [-0.4, -0.2) is 11.6 Å². The minimum atomic E-state index is -0.380. The molecule has 4 heteroatoms. The van der Waals surface area contributed by atoms with Crippen molar-refractivity contribution in [1.29, 1.82) is 0 Å². The highest BCUT2D eigenvalue weighted by Gasteiger charge is 1.94. The molecular weight excluding hydrogens is 334 g/mol. The smallest absolute Gasteiger partial charge is 0.195 e. The topological polar surface area (TPSA) is 34.1 Å². The minimum Gasteiger partial charge on any atom is -0.291 e. The Balaban J connectivity index is 0. The number of rotatable bonds is 1. The molecule has 0 saturated heterocycles. The van der Waals surface area contributed by atoms with Crippen LogP contribution in [0.1, 0.15) is 13.8 Å². The number of halogens is 2. The van der Waals surface area contributed by atoms with Crippen LogP contribution in [0, 0.1) is 0 Å². The van der Waals surface area contributed by atoms with Crippen molar-refractivity contribution in [2.45, 2.75) is 13.8 Å². The zero-order valence-corrected chi connectivity index (χ0v) is 8.89. The molecule has 0 rings (SSSR count). The summed E-state index contributed by atoms with van der Waals surface area (Å²) in [6, 6.07) is 0. The van der Waals surface area contributed by atoms with Gasteiger partial charge in [0.1, 0.15) is 0 Å². The first-order valence-corrected chi connectivity index (χ1v) is 8.09. The molecule has 0 N–H and O–H groups in total. The lowest BCUT2D eigenvalue weighted by molar-refractivity contribution is -0.134. The summed E-state index contributed by atoms with van der Waals surface area (Å²) >= 11 is 4.24. The van der Waals surface area contributed by atoms with Crippen LogP contribution in [0.15, 0.2) is 0 Å². The van der Waals surface area contributed by atoms with Crippen LogP contribution in [0.5, 0.6) is 0 Å². The van der Waals surface area contributed by atoms with E-state index in [9.17, 15) is 9.59 Å². The molecule has 0 atom stereocenters. The first kappa shape index (κ1) is 11.6. The number of carbonyl (C=O) groups is 2. The molecule has 0 aliphatic carbocycles. The summed E-state index contributed by atoms with van der Waals surface area (Å²) in [5, 5.41) is 0. The average molecular weight is 340 g/mol. The van der Waals surface area contributed by atoms with Crippen LogP contribution < -0.4 is 0 Å². The second-order valence-corrected chi connectivity index (χ2v) is 1.11. The van der Waals surface area contributed by atoms with Crippen molar-refractivity contribution in [3.8, 4) is 0 Å². The van der Waals surface area contributed by atoms with Gasteiger partial charge in [0, 0.05) is 51.1 Å². The van der Waals surface area contributed by atoms with E-state index in [1.807, 2.05) is 0 Å². The van der Waals surface area contributed by atoms with Crippen LogP contribution in [-0.2, 0) is 9.59 Å². The van der Waals surface area contributed by atoms with Crippen LogP contribution >= 0.6 is 37.2 Å². The normalized spacial score (nSPS) is 6.50. The molecule has 0 unspecified atom stereocenters. The number of ketones is 2. The Bertz CT molecular complexity index is 78.0. The monoisotopic (exact) mass is 340 g/mol. The van der Waals surface area contributed by atoms with E-state index in [2.05, 4.69) is 37.2 Å².